The molecule has 0 saturated heterocycles. The van der Waals surface area contributed by atoms with Crippen LogP contribution in [0.15, 0.2) is 30.3 Å². The number of ether oxygens (including phenoxy) is 1. The molecule has 0 amide bonds. The fourth-order valence-electron chi connectivity index (χ4n) is 2.05. The molecule has 1 fully saturated rings. The number of benzene rings is 1. The van der Waals surface area contributed by atoms with E-state index < -0.39 is 0 Å². The summed E-state index contributed by atoms with van der Waals surface area (Å²) < 4.78 is 5.58. The Morgan fingerprint density at radius 1 is 1.24 bits per heavy atom. The molecule has 0 aromatic heterocycles. The summed E-state index contributed by atoms with van der Waals surface area (Å²) in [6.07, 6.45) is 3.60. The minimum absolute atomic E-state index is 0.0689. The zero-order valence-electron chi connectivity index (χ0n) is 10.3. The van der Waals surface area contributed by atoms with Crippen molar-refractivity contribution in [3.8, 4) is 0 Å². The number of hydrogen-bond acceptors (Lipinski definition) is 3. The van der Waals surface area contributed by atoms with E-state index in [0.29, 0.717) is 6.61 Å². The van der Waals surface area contributed by atoms with Crippen LogP contribution in [0.3, 0.4) is 0 Å². The molecule has 94 valence electrons. The van der Waals surface area contributed by atoms with E-state index in [0.717, 1.165) is 32.5 Å². The molecule has 3 heteroatoms. The zero-order valence-corrected chi connectivity index (χ0v) is 10.3. The van der Waals surface area contributed by atoms with Gasteiger partial charge in [-0.25, -0.2) is 0 Å². The fraction of sp³-hybridized carbons (Fsp3) is 0.571. The van der Waals surface area contributed by atoms with Gasteiger partial charge in [0, 0.05) is 18.6 Å². The third-order valence-corrected chi connectivity index (χ3v) is 3.36. The molecule has 0 unspecified atom stereocenters. The molecule has 0 radical (unpaired) electrons. The predicted molar refractivity (Wildman–Crippen MR) is 69.7 cm³/mol. The van der Waals surface area contributed by atoms with Gasteiger partial charge in [0.15, 0.2) is 0 Å². The highest BCUT2D eigenvalue weighted by Gasteiger charge is 2.31. The number of nitrogens with one attached hydrogen (secondary N) is 1. The Morgan fingerprint density at radius 2 is 2.00 bits per heavy atom. The Labute approximate surface area is 103 Å². The van der Waals surface area contributed by atoms with Gasteiger partial charge >= 0.3 is 0 Å². The van der Waals surface area contributed by atoms with E-state index in [1.165, 1.54) is 12.0 Å². The van der Waals surface area contributed by atoms with Crippen molar-refractivity contribution < 1.29 is 4.74 Å². The highest BCUT2D eigenvalue weighted by atomic mass is 16.5. The Bertz CT molecular complexity index is 322. The molecule has 3 nitrogen and oxygen atoms in total. The van der Waals surface area contributed by atoms with Crippen LogP contribution in [0.1, 0.15) is 24.8 Å². The highest BCUT2D eigenvalue weighted by molar-refractivity contribution is 5.13. The molecule has 1 aliphatic carbocycles. The van der Waals surface area contributed by atoms with Gasteiger partial charge in [0.05, 0.1) is 13.2 Å². The van der Waals surface area contributed by atoms with Crippen molar-refractivity contribution in [1.82, 2.24) is 5.32 Å². The normalized spacial score (nSPS) is 17.7. The molecular formula is C14H22N2O. The van der Waals surface area contributed by atoms with Crippen LogP contribution in [0, 0.1) is 0 Å². The number of nitrogens with two attached hydrogens (primary N) is 1. The lowest BCUT2D eigenvalue weighted by atomic mass is 9.78. The molecule has 0 spiro atoms. The zero-order chi connectivity index (χ0) is 12.0. The van der Waals surface area contributed by atoms with E-state index in [2.05, 4.69) is 17.4 Å². The average Bonchev–Trinajstić information content (AvgIpc) is 2.33. The quantitative estimate of drug-likeness (QED) is 0.706. The maximum Gasteiger partial charge on any atom is 0.0717 e. The summed E-state index contributed by atoms with van der Waals surface area (Å²) >= 11 is 0. The molecule has 0 bridgehead atoms. The van der Waals surface area contributed by atoms with Crippen LogP contribution in [-0.4, -0.2) is 25.2 Å². The molecule has 0 heterocycles. The van der Waals surface area contributed by atoms with Crippen molar-refractivity contribution in [2.24, 2.45) is 5.73 Å². The average molecular weight is 234 g/mol. The Kier molecular flexibility index (Phi) is 4.54. The van der Waals surface area contributed by atoms with Crippen molar-refractivity contribution in [2.45, 2.75) is 31.4 Å². The van der Waals surface area contributed by atoms with Gasteiger partial charge < -0.3 is 15.8 Å². The van der Waals surface area contributed by atoms with Gasteiger partial charge in [0.25, 0.3) is 0 Å². The summed E-state index contributed by atoms with van der Waals surface area (Å²) in [6.45, 7) is 3.23. The van der Waals surface area contributed by atoms with Crippen molar-refractivity contribution >= 4 is 0 Å². The second-order valence-corrected chi connectivity index (χ2v) is 4.93. The van der Waals surface area contributed by atoms with Crippen LogP contribution in [0.5, 0.6) is 0 Å². The first-order valence-corrected chi connectivity index (χ1v) is 6.40. The van der Waals surface area contributed by atoms with Crippen LogP contribution in [0.4, 0.5) is 0 Å². The molecule has 1 aliphatic rings. The van der Waals surface area contributed by atoms with E-state index >= 15 is 0 Å². The molecular weight excluding hydrogens is 212 g/mol. The van der Waals surface area contributed by atoms with Crippen LogP contribution < -0.4 is 11.1 Å². The number of rotatable bonds is 7. The summed E-state index contributed by atoms with van der Waals surface area (Å²) in [6, 6.07) is 10.2. The van der Waals surface area contributed by atoms with Crippen LogP contribution in [-0.2, 0) is 11.3 Å². The van der Waals surface area contributed by atoms with E-state index in [4.69, 9.17) is 10.5 Å². The minimum atomic E-state index is 0.0689. The number of hydrogen-bond donors (Lipinski definition) is 2. The molecule has 17 heavy (non-hydrogen) atoms. The minimum Gasteiger partial charge on any atom is -0.375 e. The SMILES string of the molecule is NC1(CNCCOCc2ccccc2)CCC1. The molecule has 1 aromatic carbocycles. The van der Waals surface area contributed by atoms with Crippen LogP contribution >= 0.6 is 0 Å². The van der Waals surface area contributed by atoms with Gasteiger partial charge in [-0.1, -0.05) is 30.3 Å². The third-order valence-electron chi connectivity index (χ3n) is 3.36. The third kappa shape index (κ3) is 4.11. The summed E-state index contributed by atoms with van der Waals surface area (Å²) in [7, 11) is 0. The fourth-order valence-corrected chi connectivity index (χ4v) is 2.05. The van der Waals surface area contributed by atoms with Gasteiger partial charge in [-0.3, -0.25) is 0 Å². The van der Waals surface area contributed by atoms with Gasteiger partial charge in [0.2, 0.25) is 0 Å². The van der Waals surface area contributed by atoms with Crippen LogP contribution in [0.2, 0.25) is 0 Å². The second-order valence-electron chi connectivity index (χ2n) is 4.93. The molecule has 1 saturated carbocycles. The topological polar surface area (TPSA) is 47.3 Å². The van der Waals surface area contributed by atoms with Crippen molar-refractivity contribution in [2.75, 3.05) is 19.7 Å². The summed E-state index contributed by atoms with van der Waals surface area (Å²) in [5.74, 6) is 0. The van der Waals surface area contributed by atoms with Gasteiger partial charge in [-0.15, -0.1) is 0 Å². The summed E-state index contributed by atoms with van der Waals surface area (Å²) in [5, 5.41) is 3.36. The van der Waals surface area contributed by atoms with E-state index in [-0.39, 0.29) is 5.54 Å². The molecule has 0 aliphatic heterocycles. The van der Waals surface area contributed by atoms with Crippen molar-refractivity contribution in [3.63, 3.8) is 0 Å². The molecule has 2 rings (SSSR count). The monoisotopic (exact) mass is 234 g/mol. The Hall–Kier alpha value is -0.900. The maximum absolute atomic E-state index is 6.11. The largest absolute Gasteiger partial charge is 0.375 e. The van der Waals surface area contributed by atoms with E-state index in [1.54, 1.807) is 0 Å². The second kappa shape index (κ2) is 6.15. The molecule has 1 aromatic rings. The summed E-state index contributed by atoms with van der Waals surface area (Å²) in [4.78, 5) is 0. The van der Waals surface area contributed by atoms with Gasteiger partial charge in [0.1, 0.15) is 0 Å². The Balaban J connectivity index is 1.49. The van der Waals surface area contributed by atoms with Gasteiger partial charge in [-0.2, -0.15) is 0 Å². The van der Waals surface area contributed by atoms with E-state index in [9.17, 15) is 0 Å². The first-order chi connectivity index (χ1) is 8.29. The smallest absolute Gasteiger partial charge is 0.0717 e. The van der Waals surface area contributed by atoms with Gasteiger partial charge in [-0.05, 0) is 24.8 Å². The standard InChI is InChI=1S/C14H22N2O/c15-14(7-4-8-14)12-16-9-10-17-11-13-5-2-1-3-6-13/h1-3,5-6,16H,4,7-12,15H2. The Morgan fingerprint density at radius 3 is 2.65 bits per heavy atom. The molecule has 3 N–H and O–H groups in total. The van der Waals surface area contributed by atoms with Crippen molar-refractivity contribution in [1.29, 1.82) is 0 Å². The first kappa shape index (κ1) is 12.6. The maximum atomic E-state index is 6.11. The predicted octanol–water partition coefficient (Wildman–Crippen LogP) is 1.67. The lowest BCUT2D eigenvalue weighted by Crippen LogP contribution is -2.54. The van der Waals surface area contributed by atoms with E-state index in [1.807, 2.05) is 18.2 Å². The summed E-state index contributed by atoms with van der Waals surface area (Å²) in [5.41, 5.74) is 7.40. The highest BCUT2D eigenvalue weighted by Crippen LogP contribution is 2.27. The molecule has 0 atom stereocenters. The van der Waals surface area contributed by atoms with Crippen molar-refractivity contribution in [3.05, 3.63) is 35.9 Å². The lowest BCUT2D eigenvalue weighted by molar-refractivity contribution is 0.119. The first-order valence-electron chi connectivity index (χ1n) is 6.40. The lowest BCUT2D eigenvalue weighted by Gasteiger charge is -2.38. The van der Waals surface area contributed by atoms with Crippen LogP contribution in [0.25, 0.3) is 0 Å².